The second-order valence-electron chi connectivity index (χ2n) is 7.45. The van der Waals surface area contributed by atoms with Crippen LogP contribution in [0, 0.1) is 0 Å². The Kier molecular flexibility index (Phi) is 7.51. The van der Waals surface area contributed by atoms with Gasteiger partial charge in [-0.3, -0.25) is 4.79 Å². The summed E-state index contributed by atoms with van der Waals surface area (Å²) in [7, 11) is -6.83. The van der Waals surface area contributed by atoms with Crippen LogP contribution in [-0.2, 0) is 26.1 Å². The summed E-state index contributed by atoms with van der Waals surface area (Å²) >= 11 is 1.61. The Morgan fingerprint density at radius 1 is 0.879 bits per heavy atom. The second-order valence-corrected chi connectivity index (χ2v) is 12.6. The summed E-state index contributed by atoms with van der Waals surface area (Å²) in [5, 5.41) is 12.4. The lowest BCUT2D eigenvalue weighted by molar-refractivity contribution is 0.102. The Bertz CT molecular complexity index is 1360. The number of phenols is 1. The van der Waals surface area contributed by atoms with Crippen molar-refractivity contribution >= 4 is 43.0 Å². The monoisotopic (exact) mass is 505 g/mol. The summed E-state index contributed by atoms with van der Waals surface area (Å²) in [6.45, 7) is 0. The van der Waals surface area contributed by atoms with Crippen molar-refractivity contribution < 1.29 is 26.7 Å². The van der Waals surface area contributed by atoms with Crippen LogP contribution in [-0.4, -0.2) is 46.1 Å². The number of benzene rings is 3. The Labute approximate surface area is 197 Å². The quantitative estimate of drug-likeness (QED) is 0.353. The van der Waals surface area contributed by atoms with Crippen LogP contribution in [0.3, 0.4) is 0 Å². The van der Waals surface area contributed by atoms with Crippen molar-refractivity contribution in [3.8, 4) is 5.75 Å². The van der Waals surface area contributed by atoms with E-state index in [1.807, 2.05) is 24.3 Å². The number of anilines is 1. The molecule has 33 heavy (non-hydrogen) atoms. The number of phenolic OH excluding ortho intramolecular Hbond substituents is 1. The van der Waals surface area contributed by atoms with E-state index in [0.29, 0.717) is 10.5 Å². The van der Waals surface area contributed by atoms with Gasteiger partial charge in [0.25, 0.3) is 5.91 Å². The van der Waals surface area contributed by atoms with Crippen molar-refractivity contribution in [3.05, 3.63) is 77.9 Å². The molecule has 0 fully saturated rings. The smallest absolute Gasteiger partial charge is 0.255 e. The molecule has 10 heteroatoms. The first-order chi connectivity index (χ1) is 15.4. The van der Waals surface area contributed by atoms with E-state index in [1.54, 1.807) is 36.0 Å². The van der Waals surface area contributed by atoms with Gasteiger partial charge >= 0.3 is 0 Å². The maximum absolute atomic E-state index is 12.5. The predicted octanol–water partition coefficient (Wildman–Crippen LogP) is 3.79. The van der Waals surface area contributed by atoms with Crippen molar-refractivity contribution in [1.82, 2.24) is 0 Å². The van der Waals surface area contributed by atoms with Crippen LogP contribution in [0.15, 0.2) is 81.4 Å². The van der Waals surface area contributed by atoms with Gasteiger partial charge in [-0.15, -0.1) is 11.8 Å². The maximum Gasteiger partial charge on any atom is 0.255 e. The number of aryl methyl sites for hydroxylation is 1. The van der Waals surface area contributed by atoms with Crippen molar-refractivity contribution in [2.75, 3.05) is 23.6 Å². The summed E-state index contributed by atoms with van der Waals surface area (Å²) in [4.78, 5) is 13.5. The summed E-state index contributed by atoms with van der Waals surface area (Å²) in [5.74, 6) is 0.0109. The fourth-order valence-electron chi connectivity index (χ4n) is 2.98. The normalized spacial score (nSPS) is 11.8. The van der Waals surface area contributed by atoms with E-state index in [9.17, 15) is 26.7 Å². The van der Waals surface area contributed by atoms with Crippen molar-refractivity contribution in [3.63, 3.8) is 0 Å². The highest BCUT2D eigenvalue weighted by atomic mass is 32.2. The van der Waals surface area contributed by atoms with Crippen LogP contribution in [0.1, 0.15) is 15.9 Å². The molecule has 0 bridgehead atoms. The lowest BCUT2D eigenvalue weighted by Gasteiger charge is -2.09. The minimum absolute atomic E-state index is 0.252. The lowest BCUT2D eigenvalue weighted by Crippen LogP contribution is -2.12. The third-order valence-corrected chi connectivity index (χ3v) is 8.01. The third kappa shape index (κ3) is 6.83. The van der Waals surface area contributed by atoms with Gasteiger partial charge in [0, 0.05) is 34.4 Å². The molecule has 2 N–H and O–H groups in total. The third-order valence-electron chi connectivity index (χ3n) is 4.74. The molecule has 0 spiro atoms. The van der Waals surface area contributed by atoms with Crippen LogP contribution >= 0.6 is 11.8 Å². The number of thioether (sulfide) groups is 1. The first-order valence-electron chi connectivity index (χ1n) is 9.80. The highest BCUT2D eigenvalue weighted by Gasteiger charge is 2.15. The van der Waals surface area contributed by atoms with Crippen LogP contribution in [0.5, 0.6) is 5.75 Å². The first kappa shape index (κ1) is 24.8. The van der Waals surface area contributed by atoms with Gasteiger partial charge in [0.15, 0.2) is 19.7 Å². The van der Waals surface area contributed by atoms with Crippen LogP contribution < -0.4 is 5.32 Å². The molecule has 0 aliphatic heterocycles. The number of rotatable bonds is 8. The standard InChI is InChI=1S/C23H23NO6S3/c1-32(27,28)20-10-3-16(4-11-20)13-14-31-19-8-5-17(6-9-19)23(26)24-18-7-12-21(25)22(15-18)33(2,29)30/h3-12,15,25H,13-14H2,1-2H3,(H,24,26). The number of hydrogen-bond acceptors (Lipinski definition) is 7. The molecule has 0 aliphatic rings. The molecule has 1 amide bonds. The zero-order valence-electron chi connectivity index (χ0n) is 18.0. The summed E-state index contributed by atoms with van der Waals surface area (Å²) in [6, 6.07) is 17.7. The molecule has 0 aromatic heterocycles. The van der Waals surface area contributed by atoms with E-state index in [4.69, 9.17) is 0 Å². The topological polar surface area (TPSA) is 118 Å². The fraction of sp³-hybridized carbons (Fsp3) is 0.174. The molecule has 3 rings (SSSR count). The highest BCUT2D eigenvalue weighted by Crippen LogP contribution is 2.26. The average molecular weight is 506 g/mol. The number of amides is 1. The number of aromatic hydroxyl groups is 1. The van der Waals surface area contributed by atoms with E-state index in [0.717, 1.165) is 28.9 Å². The average Bonchev–Trinajstić information content (AvgIpc) is 2.74. The molecule has 0 aliphatic carbocycles. The molecular weight excluding hydrogens is 482 g/mol. The number of nitrogens with one attached hydrogen (secondary N) is 1. The van der Waals surface area contributed by atoms with Crippen molar-refractivity contribution in [1.29, 1.82) is 0 Å². The van der Waals surface area contributed by atoms with Crippen LogP contribution in [0.2, 0.25) is 0 Å². The van der Waals surface area contributed by atoms with Gasteiger partial charge in [0.2, 0.25) is 0 Å². The molecule has 3 aromatic carbocycles. The Hall–Kier alpha value is -2.82. The maximum atomic E-state index is 12.5. The zero-order valence-corrected chi connectivity index (χ0v) is 20.4. The van der Waals surface area contributed by atoms with Gasteiger partial charge in [-0.2, -0.15) is 0 Å². The predicted molar refractivity (Wildman–Crippen MR) is 130 cm³/mol. The Balaban J connectivity index is 1.57. The Morgan fingerprint density at radius 3 is 2.09 bits per heavy atom. The molecular formula is C23H23NO6S3. The number of carbonyl (C=O) groups excluding carboxylic acids is 1. The lowest BCUT2D eigenvalue weighted by atomic mass is 10.2. The van der Waals surface area contributed by atoms with E-state index in [1.165, 1.54) is 24.5 Å². The number of hydrogen-bond donors (Lipinski definition) is 2. The molecule has 0 radical (unpaired) electrons. The zero-order chi connectivity index (χ0) is 24.2. The number of carbonyl (C=O) groups is 1. The van der Waals surface area contributed by atoms with Gasteiger partial charge < -0.3 is 10.4 Å². The van der Waals surface area contributed by atoms with E-state index < -0.39 is 25.6 Å². The van der Waals surface area contributed by atoms with Gasteiger partial charge in [0.05, 0.1) is 4.90 Å². The van der Waals surface area contributed by atoms with Gasteiger partial charge in [-0.25, -0.2) is 16.8 Å². The molecule has 7 nitrogen and oxygen atoms in total. The van der Waals surface area contributed by atoms with Crippen LogP contribution in [0.4, 0.5) is 5.69 Å². The van der Waals surface area contributed by atoms with Gasteiger partial charge in [-0.1, -0.05) is 12.1 Å². The van der Waals surface area contributed by atoms with Gasteiger partial charge in [0.1, 0.15) is 10.6 Å². The molecule has 0 unspecified atom stereocenters. The minimum Gasteiger partial charge on any atom is -0.507 e. The van der Waals surface area contributed by atoms with Crippen LogP contribution in [0.25, 0.3) is 0 Å². The molecule has 0 atom stereocenters. The summed E-state index contributed by atoms with van der Waals surface area (Å²) in [6.07, 6.45) is 2.93. The first-order valence-corrected chi connectivity index (χ1v) is 14.6. The molecule has 174 valence electrons. The van der Waals surface area contributed by atoms with Gasteiger partial charge in [-0.05, 0) is 66.6 Å². The molecule has 0 saturated carbocycles. The SMILES string of the molecule is CS(=O)(=O)c1ccc(CCSc2ccc(C(=O)Nc3ccc(O)c(S(C)(=O)=O)c3)cc2)cc1. The molecule has 3 aromatic rings. The van der Waals surface area contributed by atoms with E-state index >= 15 is 0 Å². The van der Waals surface area contributed by atoms with Crippen molar-refractivity contribution in [2.24, 2.45) is 0 Å². The summed E-state index contributed by atoms with van der Waals surface area (Å²) < 4.78 is 46.5. The van der Waals surface area contributed by atoms with Crippen molar-refractivity contribution in [2.45, 2.75) is 21.1 Å². The highest BCUT2D eigenvalue weighted by molar-refractivity contribution is 7.99. The molecule has 0 saturated heterocycles. The van der Waals surface area contributed by atoms with E-state index in [-0.39, 0.29) is 16.3 Å². The number of sulfone groups is 2. The minimum atomic E-state index is -3.63. The summed E-state index contributed by atoms with van der Waals surface area (Å²) in [5.41, 5.74) is 1.71. The molecule has 0 heterocycles. The fourth-order valence-corrected chi connectivity index (χ4v) is 5.31. The second kappa shape index (κ2) is 9.98. The Morgan fingerprint density at radius 2 is 1.52 bits per heavy atom. The van der Waals surface area contributed by atoms with E-state index in [2.05, 4.69) is 5.32 Å². The largest absolute Gasteiger partial charge is 0.507 e.